The SMILES string of the molecule is CCC(C)NC(=O)c1ccc(NC(=O)c2ccc(C)c(Br)c2)cc1. The molecule has 0 aliphatic rings. The van der Waals surface area contributed by atoms with Crippen LogP contribution in [-0.4, -0.2) is 17.9 Å². The molecule has 0 spiro atoms. The Hall–Kier alpha value is -2.14. The molecule has 0 aliphatic carbocycles. The standard InChI is InChI=1S/C19H21BrN2O2/c1-4-13(3)21-18(23)14-7-9-16(10-8-14)22-19(24)15-6-5-12(2)17(20)11-15/h5-11,13H,4H2,1-3H3,(H,21,23)(H,22,24). The lowest BCUT2D eigenvalue weighted by Gasteiger charge is -2.12. The van der Waals surface area contributed by atoms with Crippen LogP contribution in [0.5, 0.6) is 0 Å². The first-order valence-electron chi connectivity index (χ1n) is 7.89. The Balaban J connectivity index is 2.04. The number of carbonyl (C=O) groups is 2. The van der Waals surface area contributed by atoms with Crippen molar-refractivity contribution in [3.05, 3.63) is 63.6 Å². The van der Waals surface area contributed by atoms with E-state index in [0.29, 0.717) is 16.8 Å². The second-order valence-electron chi connectivity index (χ2n) is 5.78. The summed E-state index contributed by atoms with van der Waals surface area (Å²) in [5.41, 5.74) is 2.87. The van der Waals surface area contributed by atoms with E-state index >= 15 is 0 Å². The van der Waals surface area contributed by atoms with Gasteiger partial charge >= 0.3 is 0 Å². The molecule has 5 heteroatoms. The van der Waals surface area contributed by atoms with Crippen molar-refractivity contribution in [1.82, 2.24) is 5.32 Å². The Labute approximate surface area is 150 Å². The second-order valence-corrected chi connectivity index (χ2v) is 6.63. The zero-order valence-electron chi connectivity index (χ0n) is 14.0. The van der Waals surface area contributed by atoms with Crippen molar-refractivity contribution in [2.24, 2.45) is 0 Å². The lowest BCUT2D eigenvalue weighted by Crippen LogP contribution is -2.31. The van der Waals surface area contributed by atoms with Gasteiger partial charge in [-0.1, -0.05) is 28.9 Å². The van der Waals surface area contributed by atoms with Gasteiger partial charge in [-0.3, -0.25) is 9.59 Å². The van der Waals surface area contributed by atoms with Gasteiger partial charge in [-0.25, -0.2) is 0 Å². The number of halogens is 1. The maximum absolute atomic E-state index is 12.3. The van der Waals surface area contributed by atoms with Gasteiger partial charge in [-0.15, -0.1) is 0 Å². The van der Waals surface area contributed by atoms with E-state index < -0.39 is 0 Å². The molecule has 2 rings (SSSR count). The van der Waals surface area contributed by atoms with Crippen LogP contribution in [0.25, 0.3) is 0 Å². The van der Waals surface area contributed by atoms with Crippen molar-refractivity contribution in [2.45, 2.75) is 33.2 Å². The average molecular weight is 389 g/mol. The van der Waals surface area contributed by atoms with Crippen LogP contribution < -0.4 is 10.6 Å². The van der Waals surface area contributed by atoms with Gasteiger partial charge < -0.3 is 10.6 Å². The Kier molecular flexibility index (Phi) is 6.15. The van der Waals surface area contributed by atoms with Crippen LogP contribution in [0.15, 0.2) is 46.9 Å². The second kappa shape index (κ2) is 8.11. The Morgan fingerprint density at radius 1 is 1.04 bits per heavy atom. The molecule has 2 amide bonds. The molecule has 126 valence electrons. The highest BCUT2D eigenvalue weighted by atomic mass is 79.9. The summed E-state index contributed by atoms with van der Waals surface area (Å²) in [6.07, 6.45) is 0.881. The summed E-state index contributed by atoms with van der Waals surface area (Å²) in [6.45, 7) is 5.95. The van der Waals surface area contributed by atoms with Crippen molar-refractivity contribution in [2.75, 3.05) is 5.32 Å². The third-order valence-corrected chi connectivity index (χ3v) is 4.68. The Morgan fingerprint density at radius 3 is 2.25 bits per heavy atom. The largest absolute Gasteiger partial charge is 0.350 e. The first-order chi connectivity index (χ1) is 11.4. The Morgan fingerprint density at radius 2 is 1.67 bits per heavy atom. The van der Waals surface area contributed by atoms with Crippen molar-refractivity contribution in [3.63, 3.8) is 0 Å². The highest BCUT2D eigenvalue weighted by molar-refractivity contribution is 9.10. The van der Waals surface area contributed by atoms with E-state index in [4.69, 9.17) is 0 Å². The number of nitrogens with one attached hydrogen (secondary N) is 2. The molecule has 0 bridgehead atoms. The van der Waals surface area contributed by atoms with Crippen LogP contribution in [0.3, 0.4) is 0 Å². The molecular formula is C19H21BrN2O2. The van der Waals surface area contributed by atoms with E-state index in [0.717, 1.165) is 16.5 Å². The van der Waals surface area contributed by atoms with E-state index in [2.05, 4.69) is 26.6 Å². The van der Waals surface area contributed by atoms with Crippen LogP contribution in [0.2, 0.25) is 0 Å². The zero-order valence-corrected chi connectivity index (χ0v) is 15.6. The van der Waals surface area contributed by atoms with Crippen LogP contribution in [0, 0.1) is 6.92 Å². The summed E-state index contributed by atoms with van der Waals surface area (Å²) >= 11 is 3.43. The average Bonchev–Trinajstić information content (AvgIpc) is 2.57. The predicted octanol–water partition coefficient (Wildman–Crippen LogP) is 4.54. The molecule has 2 N–H and O–H groups in total. The maximum atomic E-state index is 12.3. The van der Waals surface area contributed by atoms with Gasteiger partial charge in [0.1, 0.15) is 0 Å². The first-order valence-corrected chi connectivity index (χ1v) is 8.68. The van der Waals surface area contributed by atoms with E-state index in [1.807, 2.05) is 26.8 Å². The van der Waals surface area contributed by atoms with Gasteiger partial charge in [0.25, 0.3) is 11.8 Å². The minimum absolute atomic E-state index is 0.107. The number of amides is 2. The number of benzene rings is 2. The topological polar surface area (TPSA) is 58.2 Å². The quantitative estimate of drug-likeness (QED) is 0.789. The summed E-state index contributed by atoms with van der Waals surface area (Å²) in [4.78, 5) is 24.3. The van der Waals surface area contributed by atoms with Gasteiger partial charge in [0.05, 0.1) is 0 Å². The van der Waals surface area contributed by atoms with Gasteiger partial charge in [0.2, 0.25) is 0 Å². The summed E-state index contributed by atoms with van der Waals surface area (Å²) in [6, 6.07) is 12.5. The van der Waals surface area contributed by atoms with Gasteiger partial charge in [-0.05, 0) is 62.2 Å². The molecule has 0 radical (unpaired) electrons. The predicted molar refractivity (Wildman–Crippen MR) is 100 cm³/mol. The minimum Gasteiger partial charge on any atom is -0.350 e. The van der Waals surface area contributed by atoms with Crippen molar-refractivity contribution in [3.8, 4) is 0 Å². The van der Waals surface area contributed by atoms with Gasteiger partial charge in [0, 0.05) is 27.3 Å². The number of hydrogen-bond donors (Lipinski definition) is 2. The molecule has 0 saturated carbocycles. The van der Waals surface area contributed by atoms with Gasteiger partial charge in [0.15, 0.2) is 0 Å². The molecule has 4 nitrogen and oxygen atoms in total. The summed E-state index contributed by atoms with van der Waals surface area (Å²) in [5, 5.41) is 5.74. The van der Waals surface area contributed by atoms with Crippen LogP contribution in [-0.2, 0) is 0 Å². The van der Waals surface area contributed by atoms with Crippen molar-refractivity contribution in [1.29, 1.82) is 0 Å². The lowest BCUT2D eigenvalue weighted by atomic mass is 10.1. The van der Waals surface area contributed by atoms with E-state index in [1.165, 1.54) is 0 Å². The molecule has 0 fully saturated rings. The Bertz CT molecular complexity index is 742. The number of hydrogen-bond acceptors (Lipinski definition) is 2. The summed E-state index contributed by atoms with van der Waals surface area (Å²) in [7, 11) is 0. The molecule has 0 heterocycles. The summed E-state index contributed by atoms with van der Waals surface area (Å²) < 4.78 is 0.896. The fourth-order valence-electron chi connectivity index (χ4n) is 2.05. The van der Waals surface area contributed by atoms with E-state index in [-0.39, 0.29) is 17.9 Å². The third kappa shape index (κ3) is 4.68. The normalized spacial score (nSPS) is 11.7. The molecular weight excluding hydrogens is 368 g/mol. The van der Waals surface area contributed by atoms with Crippen LogP contribution >= 0.6 is 15.9 Å². The number of aryl methyl sites for hydroxylation is 1. The maximum Gasteiger partial charge on any atom is 0.255 e. The van der Waals surface area contributed by atoms with Crippen LogP contribution in [0.1, 0.15) is 46.5 Å². The molecule has 0 aliphatic heterocycles. The van der Waals surface area contributed by atoms with Crippen molar-refractivity contribution >= 4 is 33.4 Å². The van der Waals surface area contributed by atoms with Gasteiger partial charge in [-0.2, -0.15) is 0 Å². The monoisotopic (exact) mass is 388 g/mol. The molecule has 0 saturated heterocycles. The first kappa shape index (κ1) is 18.2. The van der Waals surface area contributed by atoms with E-state index in [9.17, 15) is 9.59 Å². The summed E-state index contributed by atoms with van der Waals surface area (Å²) in [5.74, 6) is -0.294. The lowest BCUT2D eigenvalue weighted by molar-refractivity contribution is 0.0938. The zero-order chi connectivity index (χ0) is 17.7. The fourth-order valence-corrected chi connectivity index (χ4v) is 2.43. The van der Waals surface area contributed by atoms with Crippen molar-refractivity contribution < 1.29 is 9.59 Å². The molecule has 24 heavy (non-hydrogen) atoms. The number of carbonyl (C=O) groups excluding carboxylic acids is 2. The number of rotatable bonds is 5. The fraction of sp³-hybridized carbons (Fsp3) is 0.263. The number of anilines is 1. The highest BCUT2D eigenvalue weighted by Gasteiger charge is 2.10. The van der Waals surface area contributed by atoms with Crippen LogP contribution in [0.4, 0.5) is 5.69 Å². The minimum atomic E-state index is -0.187. The molecule has 1 atom stereocenters. The molecule has 0 aromatic heterocycles. The molecule has 1 unspecified atom stereocenters. The smallest absolute Gasteiger partial charge is 0.255 e. The van der Waals surface area contributed by atoms with E-state index in [1.54, 1.807) is 36.4 Å². The molecule has 2 aromatic carbocycles. The third-order valence-electron chi connectivity index (χ3n) is 3.83. The molecule has 2 aromatic rings. The highest BCUT2D eigenvalue weighted by Crippen LogP contribution is 2.19.